The van der Waals surface area contributed by atoms with Crippen LogP contribution in [0.2, 0.25) is 0 Å². The maximum Gasteiger partial charge on any atom is 0.138 e. The molecule has 0 fully saturated rings. The highest BCUT2D eigenvalue weighted by atomic mass is 16.3. The molecule has 0 aliphatic heterocycles. The van der Waals surface area contributed by atoms with E-state index in [2.05, 4.69) is 52.7 Å². The van der Waals surface area contributed by atoms with Crippen LogP contribution in [-0.4, -0.2) is 26.5 Å². The van der Waals surface area contributed by atoms with Gasteiger partial charge in [0.1, 0.15) is 12.7 Å². The lowest BCUT2D eigenvalue weighted by Gasteiger charge is -2.19. The molecule has 2 aromatic carbocycles. The Kier molecular flexibility index (Phi) is 5.36. The molecule has 24 heavy (non-hydrogen) atoms. The van der Waals surface area contributed by atoms with Crippen molar-refractivity contribution in [1.29, 1.82) is 0 Å². The van der Waals surface area contributed by atoms with Gasteiger partial charge in [0.15, 0.2) is 0 Å². The summed E-state index contributed by atoms with van der Waals surface area (Å²) in [6, 6.07) is 16.7. The maximum atomic E-state index is 9.33. The van der Waals surface area contributed by atoms with Gasteiger partial charge in [0.2, 0.25) is 0 Å². The average Bonchev–Trinajstić information content (AvgIpc) is 3.14. The molecule has 0 radical (unpaired) electrons. The Morgan fingerprint density at radius 1 is 1.17 bits per heavy atom. The predicted octanol–water partition coefficient (Wildman–Crippen LogP) is 2.79. The molecule has 1 atom stereocenters. The zero-order valence-corrected chi connectivity index (χ0v) is 13.8. The lowest BCUT2D eigenvalue weighted by atomic mass is 10.0. The number of aromatic nitrogens is 3. The Morgan fingerprint density at radius 3 is 2.67 bits per heavy atom. The quantitative estimate of drug-likeness (QED) is 0.702. The molecule has 0 amide bonds. The number of aliphatic hydroxyl groups is 1. The molecule has 3 aromatic rings. The van der Waals surface area contributed by atoms with Crippen LogP contribution in [0, 0.1) is 6.92 Å². The molecule has 0 saturated heterocycles. The summed E-state index contributed by atoms with van der Waals surface area (Å²) in [4.78, 5) is 3.99. The Balaban J connectivity index is 1.70. The SMILES string of the molecule is Cc1cc(CN[C@H](CCO)c2ccccc2)ccc1-n1cncn1. The first-order valence-electron chi connectivity index (χ1n) is 8.11. The van der Waals surface area contributed by atoms with Gasteiger partial charge in [0, 0.05) is 19.2 Å². The Labute approximate surface area is 142 Å². The highest BCUT2D eigenvalue weighted by Crippen LogP contribution is 2.19. The van der Waals surface area contributed by atoms with Gasteiger partial charge in [0.25, 0.3) is 0 Å². The molecule has 0 saturated carbocycles. The summed E-state index contributed by atoms with van der Waals surface area (Å²) in [6.07, 6.45) is 3.93. The van der Waals surface area contributed by atoms with Gasteiger partial charge >= 0.3 is 0 Å². The minimum absolute atomic E-state index is 0.145. The normalized spacial score (nSPS) is 12.2. The standard InChI is InChI=1S/C19H22N4O/c1-15-11-16(7-8-19(15)23-14-20-13-22-23)12-21-18(9-10-24)17-5-3-2-4-6-17/h2-8,11,13-14,18,21,24H,9-10,12H2,1H3/t18-/m1/s1. The number of nitrogens with zero attached hydrogens (tertiary/aromatic N) is 3. The van der Waals surface area contributed by atoms with Crippen molar-refractivity contribution in [2.45, 2.75) is 25.9 Å². The summed E-state index contributed by atoms with van der Waals surface area (Å²) in [7, 11) is 0. The van der Waals surface area contributed by atoms with E-state index in [0.29, 0.717) is 6.42 Å². The monoisotopic (exact) mass is 322 g/mol. The van der Waals surface area contributed by atoms with Crippen molar-refractivity contribution in [1.82, 2.24) is 20.1 Å². The molecule has 0 unspecified atom stereocenters. The van der Waals surface area contributed by atoms with Crippen molar-refractivity contribution in [3.05, 3.63) is 77.9 Å². The molecular formula is C19H22N4O. The maximum absolute atomic E-state index is 9.33. The summed E-state index contributed by atoms with van der Waals surface area (Å²) >= 11 is 0. The number of benzene rings is 2. The lowest BCUT2D eigenvalue weighted by molar-refractivity contribution is 0.265. The molecule has 124 valence electrons. The Morgan fingerprint density at radius 2 is 2.00 bits per heavy atom. The van der Waals surface area contributed by atoms with E-state index in [0.717, 1.165) is 17.8 Å². The van der Waals surface area contributed by atoms with E-state index in [1.54, 1.807) is 11.0 Å². The van der Waals surface area contributed by atoms with Crippen molar-refractivity contribution < 1.29 is 5.11 Å². The van der Waals surface area contributed by atoms with E-state index < -0.39 is 0 Å². The molecule has 1 heterocycles. The van der Waals surface area contributed by atoms with Gasteiger partial charge in [0.05, 0.1) is 5.69 Å². The fraction of sp³-hybridized carbons (Fsp3) is 0.263. The third-order valence-corrected chi connectivity index (χ3v) is 4.10. The molecule has 2 N–H and O–H groups in total. The number of hydrogen-bond acceptors (Lipinski definition) is 4. The zero-order chi connectivity index (χ0) is 16.8. The lowest BCUT2D eigenvalue weighted by Crippen LogP contribution is -2.22. The number of aryl methyl sites for hydroxylation is 1. The molecule has 5 nitrogen and oxygen atoms in total. The molecule has 0 aliphatic rings. The minimum Gasteiger partial charge on any atom is -0.396 e. The minimum atomic E-state index is 0.145. The fourth-order valence-electron chi connectivity index (χ4n) is 2.86. The number of hydrogen-bond donors (Lipinski definition) is 2. The summed E-state index contributed by atoms with van der Waals surface area (Å²) in [5.74, 6) is 0. The van der Waals surface area contributed by atoms with Crippen molar-refractivity contribution in [2.24, 2.45) is 0 Å². The van der Waals surface area contributed by atoms with Crippen LogP contribution in [0.25, 0.3) is 5.69 Å². The second-order valence-corrected chi connectivity index (χ2v) is 5.82. The first-order chi connectivity index (χ1) is 11.8. The summed E-state index contributed by atoms with van der Waals surface area (Å²) in [5, 5.41) is 17.0. The molecular weight excluding hydrogens is 300 g/mol. The van der Waals surface area contributed by atoms with E-state index in [9.17, 15) is 5.11 Å². The topological polar surface area (TPSA) is 63.0 Å². The second-order valence-electron chi connectivity index (χ2n) is 5.82. The number of rotatable bonds is 7. The van der Waals surface area contributed by atoms with Crippen LogP contribution in [0.5, 0.6) is 0 Å². The number of nitrogens with one attached hydrogen (secondary N) is 1. The highest BCUT2D eigenvalue weighted by Gasteiger charge is 2.10. The molecule has 5 heteroatoms. The van der Waals surface area contributed by atoms with E-state index in [-0.39, 0.29) is 12.6 Å². The van der Waals surface area contributed by atoms with Crippen molar-refractivity contribution in [2.75, 3.05) is 6.61 Å². The van der Waals surface area contributed by atoms with Crippen LogP contribution in [0.4, 0.5) is 0 Å². The average molecular weight is 322 g/mol. The van der Waals surface area contributed by atoms with Crippen molar-refractivity contribution >= 4 is 0 Å². The van der Waals surface area contributed by atoms with Gasteiger partial charge in [-0.15, -0.1) is 0 Å². The highest BCUT2D eigenvalue weighted by molar-refractivity contribution is 5.41. The van der Waals surface area contributed by atoms with Gasteiger partial charge in [-0.25, -0.2) is 9.67 Å². The van der Waals surface area contributed by atoms with Crippen LogP contribution in [0.1, 0.15) is 29.2 Å². The van der Waals surface area contributed by atoms with Crippen LogP contribution in [0.3, 0.4) is 0 Å². The van der Waals surface area contributed by atoms with E-state index in [1.807, 2.05) is 18.2 Å². The Hall–Kier alpha value is -2.50. The largest absolute Gasteiger partial charge is 0.396 e. The third kappa shape index (κ3) is 3.88. The van der Waals surface area contributed by atoms with E-state index in [1.165, 1.54) is 17.5 Å². The van der Waals surface area contributed by atoms with Gasteiger partial charge in [-0.3, -0.25) is 0 Å². The fourth-order valence-corrected chi connectivity index (χ4v) is 2.86. The van der Waals surface area contributed by atoms with Crippen molar-refractivity contribution in [3.8, 4) is 5.69 Å². The van der Waals surface area contributed by atoms with E-state index in [4.69, 9.17) is 0 Å². The zero-order valence-electron chi connectivity index (χ0n) is 13.8. The molecule has 3 rings (SSSR count). The van der Waals surface area contributed by atoms with Gasteiger partial charge < -0.3 is 10.4 Å². The molecule has 0 bridgehead atoms. The van der Waals surface area contributed by atoms with Crippen molar-refractivity contribution in [3.63, 3.8) is 0 Å². The summed E-state index contributed by atoms with van der Waals surface area (Å²) in [5.41, 5.74) is 4.59. The smallest absolute Gasteiger partial charge is 0.138 e. The second kappa shape index (κ2) is 7.86. The summed E-state index contributed by atoms with van der Waals surface area (Å²) in [6.45, 7) is 2.98. The van der Waals surface area contributed by atoms with E-state index >= 15 is 0 Å². The molecule has 1 aromatic heterocycles. The first kappa shape index (κ1) is 16.4. The molecule has 0 spiro atoms. The van der Waals surface area contributed by atoms with Crippen LogP contribution in [0.15, 0.2) is 61.2 Å². The van der Waals surface area contributed by atoms with Gasteiger partial charge in [-0.05, 0) is 36.1 Å². The van der Waals surface area contributed by atoms with Gasteiger partial charge in [-0.2, -0.15) is 5.10 Å². The van der Waals surface area contributed by atoms with Crippen LogP contribution >= 0.6 is 0 Å². The summed E-state index contributed by atoms with van der Waals surface area (Å²) < 4.78 is 1.77. The molecule has 0 aliphatic carbocycles. The Bertz CT molecular complexity index is 756. The predicted molar refractivity (Wildman–Crippen MR) is 93.8 cm³/mol. The van der Waals surface area contributed by atoms with Crippen LogP contribution < -0.4 is 5.32 Å². The third-order valence-electron chi connectivity index (χ3n) is 4.10. The van der Waals surface area contributed by atoms with Gasteiger partial charge in [-0.1, -0.05) is 42.5 Å². The number of aliphatic hydroxyl groups excluding tert-OH is 1. The van der Waals surface area contributed by atoms with Crippen LogP contribution in [-0.2, 0) is 6.54 Å². The first-order valence-corrected chi connectivity index (χ1v) is 8.11.